The van der Waals surface area contributed by atoms with Crippen LogP contribution in [-0.2, 0) is 0 Å². The average molecular weight is 301 g/mol. The van der Waals surface area contributed by atoms with Crippen molar-refractivity contribution >= 4 is 5.91 Å². The molecule has 8 heteroatoms. The first-order valence-electron chi connectivity index (χ1n) is 7.21. The zero-order valence-corrected chi connectivity index (χ0v) is 12.0. The van der Waals surface area contributed by atoms with E-state index in [1.54, 1.807) is 22.9 Å². The number of carbonyl (C=O) groups excluding carboxylic acids is 1. The monoisotopic (exact) mass is 301 g/mol. The van der Waals surface area contributed by atoms with E-state index in [-0.39, 0.29) is 18.7 Å². The summed E-state index contributed by atoms with van der Waals surface area (Å²) in [7, 11) is 0. The molecule has 22 heavy (non-hydrogen) atoms. The molecule has 0 radical (unpaired) electrons. The van der Waals surface area contributed by atoms with Crippen molar-refractivity contribution in [1.29, 1.82) is 0 Å². The Morgan fingerprint density at radius 3 is 3.09 bits per heavy atom. The molecule has 0 spiro atoms. The van der Waals surface area contributed by atoms with Crippen LogP contribution in [0.5, 0.6) is 11.5 Å². The maximum Gasteiger partial charge on any atom is 0.255 e. The molecule has 2 heterocycles. The number of nitrogens with zero attached hydrogens (tertiary/aromatic N) is 4. The molecule has 0 unspecified atom stereocenters. The highest BCUT2D eigenvalue weighted by Gasteiger charge is 2.30. The van der Waals surface area contributed by atoms with Crippen molar-refractivity contribution in [3.8, 4) is 11.5 Å². The van der Waals surface area contributed by atoms with Crippen LogP contribution in [0.4, 0.5) is 0 Å². The number of rotatable bonds is 4. The van der Waals surface area contributed by atoms with Gasteiger partial charge < -0.3 is 14.8 Å². The molecule has 1 saturated carbocycles. The van der Waals surface area contributed by atoms with Gasteiger partial charge in [-0.3, -0.25) is 4.79 Å². The Balaban J connectivity index is 1.54. The molecule has 2 aromatic rings. The van der Waals surface area contributed by atoms with Gasteiger partial charge in [0.25, 0.3) is 5.91 Å². The van der Waals surface area contributed by atoms with Crippen LogP contribution in [0.1, 0.15) is 48.0 Å². The van der Waals surface area contributed by atoms with E-state index >= 15 is 0 Å². The minimum absolute atomic E-state index is 0.134. The number of amides is 1. The van der Waals surface area contributed by atoms with Crippen molar-refractivity contribution in [2.45, 2.75) is 31.8 Å². The second-order valence-corrected chi connectivity index (χ2v) is 5.45. The Kier molecular flexibility index (Phi) is 2.95. The smallest absolute Gasteiger partial charge is 0.255 e. The Hall–Kier alpha value is -2.64. The lowest BCUT2D eigenvalue weighted by atomic mass is 10.1. The third-order valence-corrected chi connectivity index (χ3v) is 3.79. The quantitative estimate of drug-likeness (QED) is 0.913. The Morgan fingerprint density at radius 1 is 1.41 bits per heavy atom. The largest absolute Gasteiger partial charge is 0.454 e. The van der Waals surface area contributed by atoms with Gasteiger partial charge in [-0.1, -0.05) is 6.07 Å². The standard InChI is InChI=1S/C14H15N5O3/c1-8(13-16-17-18-19(13)9-5-6-9)15-14(20)10-3-2-4-11-12(10)22-7-21-11/h2-4,8-9H,5-7H2,1H3,(H,15,20)/t8-/m0/s1. The summed E-state index contributed by atoms with van der Waals surface area (Å²) in [6.07, 6.45) is 2.16. The van der Waals surface area contributed by atoms with Crippen LogP contribution in [0.2, 0.25) is 0 Å². The molecule has 1 aromatic carbocycles. The van der Waals surface area contributed by atoms with Crippen LogP contribution >= 0.6 is 0 Å². The fourth-order valence-corrected chi connectivity index (χ4v) is 2.51. The van der Waals surface area contributed by atoms with E-state index in [0.717, 1.165) is 12.8 Å². The minimum Gasteiger partial charge on any atom is -0.454 e. The van der Waals surface area contributed by atoms with Crippen molar-refractivity contribution in [2.24, 2.45) is 0 Å². The molecule has 1 atom stereocenters. The second-order valence-electron chi connectivity index (χ2n) is 5.45. The highest BCUT2D eigenvalue weighted by atomic mass is 16.7. The number of carbonyl (C=O) groups is 1. The molecular weight excluding hydrogens is 286 g/mol. The van der Waals surface area contributed by atoms with Gasteiger partial charge in [-0.2, -0.15) is 0 Å². The summed E-state index contributed by atoms with van der Waals surface area (Å²) in [5, 5.41) is 14.6. The van der Waals surface area contributed by atoms with E-state index in [1.807, 2.05) is 6.92 Å². The number of aromatic nitrogens is 4. The number of ether oxygens (including phenoxy) is 2. The van der Waals surface area contributed by atoms with Gasteiger partial charge in [0.15, 0.2) is 17.3 Å². The number of nitrogens with one attached hydrogen (secondary N) is 1. The lowest BCUT2D eigenvalue weighted by Gasteiger charge is -2.14. The zero-order chi connectivity index (χ0) is 15.1. The molecule has 1 aromatic heterocycles. The van der Waals surface area contributed by atoms with Crippen LogP contribution in [0.3, 0.4) is 0 Å². The maximum absolute atomic E-state index is 12.5. The van der Waals surface area contributed by atoms with E-state index < -0.39 is 0 Å². The van der Waals surface area contributed by atoms with E-state index in [2.05, 4.69) is 20.8 Å². The van der Waals surface area contributed by atoms with Gasteiger partial charge in [-0.15, -0.1) is 5.10 Å². The Labute approximate surface area is 126 Å². The van der Waals surface area contributed by atoms with Gasteiger partial charge in [-0.25, -0.2) is 4.68 Å². The number of tetrazole rings is 1. The van der Waals surface area contributed by atoms with Gasteiger partial charge in [0.1, 0.15) is 0 Å². The molecule has 114 valence electrons. The molecule has 8 nitrogen and oxygen atoms in total. The summed E-state index contributed by atoms with van der Waals surface area (Å²) in [6.45, 7) is 2.00. The van der Waals surface area contributed by atoms with E-state index in [1.165, 1.54) is 0 Å². The van der Waals surface area contributed by atoms with Crippen LogP contribution in [0, 0.1) is 0 Å². The first-order valence-corrected chi connectivity index (χ1v) is 7.21. The van der Waals surface area contributed by atoms with Gasteiger partial charge in [0, 0.05) is 0 Å². The summed E-state index contributed by atoms with van der Waals surface area (Å²) >= 11 is 0. The van der Waals surface area contributed by atoms with Gasteiger partial charge in [-0.05, 0) is 42.3 Å². The molecule has 1 amide bonds. The predicted octanol–water partition coefficient (Wildman–Crippen LogP) is 1.23. The van der Waals surface area contributed by atoms with E-state index in [9.17, 15) is 4.79 Å². The number of fused-ring (bicyclic) bond motifs is 1. The summed E-state index contributed by atoms with van der Waals surface area (Å²) in [5.41, 5.74) is 0.451. The average Bonchev–Trinajstić information content (AvgIpc) is 3.05. The van der Waals surface area contributed by atoms with Crippen molar-refractivity contribution in [2.75, 3.05) is 6.79 Å². The number of hydrogen-bond donors (Lipinski definition) is 1. The predicted molar refractivity (Wildman–Crippen MR) is 74.5 cm³/mol. The van der Waals surface area contributed by atoms with Crippen molar-refractivity contribution in [1.82, 2.24) is 25.5 Å². The molecule has 1 fully saturated rings. The van der Waals surface area contributed by atoms with Crippen molar-refractivity contribution < 1.29 is 14.3 Å². The molecule has 0 bridgehead atoms. The van der Waals surface area contributed by atoms with E-state index in [4.69, 9.17) is 9.47 Å². The summed E-state index contributed by atoms with van der Waals surface area (Å²) in [6, 6.07) is 5.32. The Bertz CT molecular complexity index is 725. The minimum atomic E-state index is -0.290. The zero-order valence-electron chi connectivity index (χ0n) is 12.0. The van der Waals surface area contributed by atoms with Crippen LogP contribution < -0.4 is 14.8 Å². The first-order chi connectivity index (χ1) is 10.7. The molecule has 4 rings (SSSR count). The van der Waals surface area contributed by atoms with Crippen LogP contribution in [0.15, 0.2) is 18.2 Å². The third-order valence-electron chi connectivity index (χ3n) is 3.79. The topological polar surface area (TPSA) is 91.2 Å². The molecule has 0 saturated heterocycles. The second kappa shape index (κ2) is 4.97. The number of benzene rings is 1. The Morgan fingerprint density at radius 2 is 2.27 bits per heavy atom. The lowest BCUT2D eigenvalue weighted by molar-refractivity contribution is 0.0932. The molecule has 1 N–H and O–H groups in total. The highest BCUT2D eigenvalue weighted by molar-refractivity contribution is 5.98. The van der Waals surface area contributed by atoms with Crippen LogP contribution in [-0.4, -0.2) is 32.9 Å². The van der Waals surface area contributed by atoms with Gasteiger partial charge in [0.05, 0.1) is 17.6 Å². The first kappa shape index (κ1) is 13.1. The molecular formula is C14H15N5O3. The van der Waals surface area contributed by atoms with Crippen molar-refractivity contribution in [3.05, 3.63) is 29.6 Å². The van der Waals surface area contributed by atoms with Crippen molar-refractivity contribution in [3.63, 3.8) is 0 Å². The maximum atomic E-state index is 12.5. The van der Waals surface area contributed by atoms with E-state index in [0.29, 0.717) is 28.9 Å². The fraction of sp³-hybridized carbons (Fsp3) is 0.429. The summed E-state index contributed by atoms with van der Waals surface area (Å²) in [5.74, 6) is 1.50. The number of hydrogen-bond acceptors (Lipinski definition) is 6. The van der Waals surface area contributed by atoms with Gasteiger partial charge >= 0.3 is 0 Å². The van der Waals surface area contributed by atoms with Crippen LogP contribution in [0.25, 0.3) is 0 Å². The summed E-state index contributed by atoms with van der Waals surface area (Å²) in [4.78, 5) is 12.5. The normalized spacial score (nSPS) is 17.3. The molecule has 1 aliphatic carbocycles. The SMILES string of the molecule is C[C@H](NC(=O)c1cccc2c1OCO2)c1nnnn1C1CC1. The van der Waals surface area contributed by atoms with Gasteiger partial charge in [0.2, 0.25) is 6.79 Å². The lowest BCUT2D eigenvalue weighted by Crippen LogP contribution is -2.29. The third kappa shape index (κ3) is 2.16. The summed E-state index contributed by atoms with van der Waals surface area (Å²) < 4.78 is 12.4. The molecule has 2 aliphatic rings. The number of para-hydroxylation sites is 1. The molecule has 1 aliphatic heterocycles. The fourth-order valence-electron chi connectivity index (χ4n) is 2.51. The highest BCUT2D eigenvalue weighted by Crippen LogP contribution is 2.36.